The molecule has 7 aromatic carbocycles. The Hall–Kier alpha value is -5.55. The summed E-state index contributed by atoms with van der Waals surface area (Å²) < 4.78 is 3.94. The van der Waals surface area contributed by atoms with Gasteiger partial charge in [0.1, 0.15) is 5.84 Å². The Balaban J connectivity index is 1.11. The number of nitrogens with zero attached hydrogens (tertiary/aromatic N) is 1. The quantitative estimate of drug-likeness (QED) is 0.196. The number of nitrogens with one attached hydrogen (secondary N) is 1. The van der Waals surface area contributed by atoms with Crippen molar-refractivity contribution in [3.05, 3.63) is 173 Å². The van der Waals surface area contributed by atoms with Crippen LogP contribution in [0.25, 0.3) is 63.3 Å². The van der Waals surface area contributed by atoms with Crippen molar-refractivity contribution < 1.29 is 0 Å². The Morgan fingerprint density at radius 2 is 1.24 bits per heavy atom. The van der Waals surface area contributed by atoms with Crippen LogP contribution in [0.5, 0.6) is 0 Å². The van der Waals surface area contributed by atoms with Crippen LogP contribution in [0, 0.1) is 0 Å². The number of aliphatic imine (C=N–C) groups is 1. The van der Waals surface area contributed by atoms with Crippen LogP contribution in [-0.4, -0.2) is 5.84 Å². The van der Waals surface area contributed by atoms with Crippen LogP contribution in [0.3, 0.4) is 0 Å². The molecule has 3 heterocycles. The van der Waals surface area contributed by atoms with Gasteiger partial charge in [-0.3, -0.25) is 0 Å². The molecule has 242 valence electrons. The van der Waals surface area contributed by atoms with E-state index in [2.05, 4.69) is 165 Å². The average Bonchev–Trinajstić information content (AvgIpc) is 3.81. The van der Waals surface area contributed by atoms with Gasteiger partial charge in [0.2, 0.25) is 0 Å². The lowest BCUT2D eigenvalue weighted by Gasteiger charge is -2.27. The van der Waals surface area contributed by atoms with E-state index in [-0.39, 0.29) is 11.5 Å². The molecular formula is C47H32N2S2. The number of fused-ring (bicyclic) bond motifs is 10. The second-order valence-electron chi connectivity index (χ2n) is 14.3. The van der Waals surface area contributed by atoms with Crippen molar-refractivity contribution in [2.24, 2.45) is 4.99 Å². The smallest absolute Gasteiger partial charge is 0.134 e. The molecule has 51 heavy (non-hydrogen) atoms. The van der Waals surface area contributed by atoms with Crippen LogP contribution in [-0.2, 0) is 5.41 Å². The molecule has 0 saturated heterocycles. The zero-order valence-corrected chi connectivity index (χ0v) is 29.8. The van der Waals surface area contributed by atoms with Gasteiger partial charge in [0.05, 0.1) is 16.6 Å². The molecule has 9 aromatic rings. The van der Waals surface area contributed by atoms with Gasteiger partial charge in [-0.2, -0.15) is 0 Å². The van der Waals surface area contributed by atoms with Gasteiger partial charge in [-0.05, 0) is 80.0 Å². The highest BCUT2D eigenvalue weighted by molar-refractivity contribution is 7.25. The number of amidine groups is 1. The Kier molecular flexibility index (Phi) is 6.14. The Bertz CT molecular complexity index is 2930. The number of hydrogen-bond acceptors (Lipinski definition) is 4. The molecule has 1 N–H and O–H groups in total. The molecule has 2 aliphatic rings. The summed E-state index contributed by atoms with van der Waals surface area (Å²) in [6.45, 7) is 4.78. The van der Waals surface area contributed by atoms with E-state index in [1.807, 2.05) is 22.7 Å². The first kappa shape index (κ1) is 29.2. The minimum absolute atomic E-state index is 0.0327. The Labute approximate surface area is 304 Å². The highest BCUT2D eigenvalue weighted by atomic mass is 32.1. The first-order valence-corrected chi connectivity index (χ1v) is 19.2. The van der Waals surface area contributed by atoms with E-state index in [1.54, 1.807) is 0 Å². The van der Waals surface area contributed by atoms with E-state index in [9.17, 15) is 0 Å². The molecule has 1 aliphatic heterocycles. The second-order valence-corrected chi connectivity index (χ2v) is 16.5. The standard InChI is InChI=1S/C47H32N2S2/c1-47(2)36-25-30(46-48-43(27-12-4-3-5-13-27)45-44(49-46)35-17-9-11-19-39(35)51-45)21-23-34(36)42-37(47)24-28-14-6-7-15-31(28)41(42)29-20-22-33-32-16-8-10-18-38(32)50-40(33)26-29/h3-26,43H,1-2H3,(H,48,49). The second kappa shape index (κ2) is 10.7. The molecule has 0 radical (unpaired) electrons. The first-order chi connectivity index (χ1) is 25.0. The summed E-state index contributed by atoms with van der Waals surface area (Å²) in [5.74, 6) is 0.926. The number of hydrogen-bond donors (Lipinski definition) is 1. The molecule has 1 aliphatic carbocycles. The number of thiophene rings is 2. The molecule has 1 atom stereocenters. The van der Waals surface area contributed by atoms with Crippen molar-refractivity contribution in [3.63, 3.8) is 0 Å². The maximum Gasteiger partial charge on any atom is 0.134 e. The summed E-state index contributed by atoms with van der Waals surface area (Å²) in [4.78, 5) is 6.65. The van der Waals surface area contributed by atoms with Gasteiger partial charge in [0.25, 0.3) is 0 Å². The molecule has 11 rings (SSSR count). The summed E-state index contributed by atoms with van der Waals surface area (Å²) >= 11 is 3.73. The molecule has 1 unspecified atom stereocenters. The lowest BCUT2D eigenvalue weighted by molar-refractivity contribution is 0.661. The third-order valence-corrected chi connectivity index (χ3v) is 13.5. The van der Waals surface area contributed by atoms with Crippen LogP contribution in [0.1, 0.15) is 47.0 Å². The molecule has 0 saturated carbocycles. The highest BCUT2D eigenvalue weighted by Crippen LogP contribution is 2.55. The van der Waals surface area contributed by atoms with Crippen LogP contribution >= 0.6 is 22.7 Å². The summed E-state index contributed by atoms with van der Waals surface area (Å²) in [7, 11) is 0. The molecule has 0 spiro atoms. The van der Waals surface area contributed by atoms with E-state index < -0.39 is 0 Å². The van der Waals surface area contributed by atoms with Gasteiger partial charge < -0.3 is 5.32 Å². The van der Waals surface area contributed by atoms with Gasteiger partial charge in [-0.25, -0.2) is 4.99 Å². The van der Waals surface area contributed by atoms with Crippen molar-refractivity contribution >= 4 is 75.2 Å². The lowest BCUT2D eigenvalue weighted by atomic mass is 9.80. The van der Waals surface area contributed by atoms with Crippen LogP contribution in [0.15, 0.2) is 151 Å². The highest BCUT2D eigenvalue weighted by Gasteiger charge is 2.39. The van der Waals surface area contributed by atoms with E-state index in [0.29, 0.717) is 0 Å². The van der Waals surface area contributed by atoms with Gasteiger partial charge in [0.15, 0.2) is 0 Å². The third kappa shape index (κ3) is 4.24. The fourth-order valence-corrected chi connectivity index (χ4v) is 11.0. The first-order valence-electron chi connectivity index (χ1n) is 17.6. The number of rotatable bonds is 3. The predicted octanol–water partition coefficient (Wildman–Crippen LogP) is 13.2. The molecular weight excluding hydrogens is 657 g/mol. The van der Waals surface area contributed by atoms with Crippen LogP contribution in [0.4, 0.5) is 5.69 Å². The fraction of sp³-hybridized carbons (Fsp3) is 0.0851. The number of benzene rings is 7. The van der Waals surface area contributed by atoms with Crippen molar-refractivity contribution in [2.75, 3.05) is 0 Å². The van der Waals surface area contributed by atoms with Crippen molar-refractivity contribution in [1.29, 1.82) is 0 Å². The van der Waals surface area contributed by atoms with E-state index >= 15 is 0 Å². The van der Waals surface area contributed by atoms with E-state index in [4.69, 9.17) is 4.99 Å². The molecule has 2 aromatic heterocycles. The minimum atomic E-state index is -0.199. The largest absolute Gasteiger partial charge is 0.358 e. The Morgan fingerprint density at radius 1 is 0.549 bits per heavy atom. The zero-order chi connectivity index (χ0) is 33.8. The monoisotopic (exact) mass is 688 g/mol. The van der Waals surface area contributed by atoms with Crippen LogP contribution < -0.4 is 5.32 Å². The van der Waals surface area contributed by atoms with Crippen molar-refractivity contribution in [1.82, 2.24) is 5.32 Å². The summed E-state index contributed by atoms with van der Waals surface area (Å²) in [6.07, 6.45) is 0. The molecule has 2 nitrogen and oxygen atoms in total. The SMILES string of the molecule is CC1(C)c2cc(C3=Nc4c(sc5ccccc45)C(c4ccccc4)N3)ccc2-c2c1cc1ccccc1c2-c1ccc2c(c1)sc1ccccc12. The van der Waals surface area contributed by atoms with Gasteiger partial charge in [-0.15, -0.1) is 22.7 Å². The normalized spacial score (nSPS) is 15.9. The molecule has 4 heteroatoms. The average molecular weight is 689 g/mol. The van der Waals surface area contributed by atoms with Gasteiger partial charge in [0, 0.05) is 41.2 Å². The summed E-state index contributed by atoms with van der Waals surface area (Å²) in [5, 5.41) is 10.4. The van der Waals surface area contributed by atoms with Crippen molar-refractivity contribution in [2.45, 2.75) is 25.3 Å². The topological polar surface area (TPSA) is 24.4 Å². The van der Waals surface area contributed by atoms with Gasteiger partial charge >= 0.3 is 0 Å². The molecule has 0 amide bonds. The Morgan fingerprint density at radius 3 is 2.08 bits per heavy atom. The molecule has 0 bridgehead atoms. The van der Waals surface area contributed by atoms with Crippen molar-refractivity contribution in [3.8, 4) is 22.3 Å². The minimum Gasteiger partial charge on any atom is -0.358 e. The van der Waals surface area contributed by atoms with Gasteiger partial charge in [-0.1, -0.05) is 129 Å². The maximum absolute atomic E-state index is 5.38. The van der Waals surface area contributed by atoms with Crippen LogP contribution in [0.2, 0.25) is 0 Å². The van der Waals surface area contributed by atoms with E-state index in [1.165, 1.54) is 84.9 Å². The summed E-state index contributed by atoms with van der Waals surface area (Å²) in [6, 6.07) is 53.8. The zero-order valence-electron chi connectivity index (χ0n) is 28.2. The third-order valence-electron chi connectivity index (χ3n) is 11.1. The van der Waals surface area contributed by atoms with E-state index in [0.717, 1.165) is 17.1 Å². The maximum atomic E-state index is 5.38. The summed E-state index contributed by atoms with van der Waals surface area (Å²) in [5.41, 5.74) is 11.3. The lowest BCUT2D eigenvalue weighted by Crippen LogP contribution is -2.32. The fourth-order valence-electron chi connectivity index (χ4n) is 8.61. The molecule has 0 fully saturated rings. The predicted molar refractivity (Wildman–Crippen MR) is 219 cm³/mol.